The minimum atomic E-state index is -0.274. The van der Waals surface area contributed by atoms with Gasteiger partial charge in [-0.2, -0.15) is 9.50 Å². The first-order valence-electron chi connectivity index (χ1n) is 8.09. The Bertz CT molecular complexity index is 1420. The Kier molecular flexibility index (Phi) is 4.08. The van der Waals surface area contributed by atoms with Gasteiger partial charge < -0.3 is 8.83 Å². The van der Waals surface area contributed by atoms with Crippen molar-refractivity contribution in [1.82, 2.24) is 14.6 Å². The van der Waals surface area contributed by atoms with E-state index in [0.29, 0.717) is 48.2 Å². The lowest BCUT2D eigenvalue weighted by molar-refractivity contribution is 0.571. The number of nitrogens with zero attached hydrogens (tertiary/aromatic N) is 3. The molecule has 0 aliphatic carbocycles. The van der Waals surface area contributed by atoms with Gasteiger partial charge in [-0.3, -0.25) is 4.79 Å². The fourth-order valence-electron chi connectivity index (χ4n) is 2.74. The van der Waals surface area contributed by atoms with Gasteiger partial charge in [0.25, 0.3) is 5.56 Å². The molecule has 0 N–H and O–H groups in total. The second kappa shape index (κ2) is 6.63. The molecule has 0 radical (unpaired) electrons. The summed E-state index contributed by atoms with van der Waals surface area (Å²) in [7, 11) is 0. The van der Waals surface area contributed by atoms with Crippen LogP contribution in [0.4, 0.5) is 0 Å². The van der Waals surface area contributed by atoms with Crippen molar-refractivity contribution in [3.63, 3.8) is 0 Å². The molecule has 0 aliphatic heterocycles. The van der Waals surface area contributed by atoms with E-state index in [4.69, 9.17) is 32.0 Å². The van der Waals surface area contributed by atoms with Crippen molar-refractivity contribution in [2.75, 3.05) is 0 Å². The molecular formula is C19H9Cl2N3O3S. The van der Waals surface area contributed by atoms with Crippen LogP contribution in [0.15, 0.2) is 62.4 Å². The molecule has 4 heterocycles. The monoisotopic (exact) mass is 429 g/mol. The van der Waals surface area contributed by atoms with Gasteiger partial charge in [-0.1, -0.05) is 40.6 Å². The Morgan fingerprint density at radius 2 is 1.96 bits per heavy atom. The summed E-state index contributed by atoms with van der Waals surface area (Å²) in [6.07, 6.45) is 3.18. The summed E-state index contributed by atoms with van der Waals surface area (Å²) in [6.45, 7) is 0. The van der Waals surface area contributed by atoms with Crippen molar-refractivity contribution in [3.8, 4) is 22.9 Å². The van der Waals surface area contributed by atoms with Crippen molar-refractivity contribution >= 4 is 45.6 Å². The first-order valence-corrected chi connectivity index (χ1v) is 9.67. The van der Waals surface area contributed by atoms with E-state index in [1.165, 1.54) is 22.1 Å². The van der Waals surface area contributed by atoms with Crippen molar-refractivity contribution in [2.24, 2.45) is 0 Å². The standard InChI is InChI=1S/C19H9Cl2N3O3S/c20-12-4-1-3-11(16(12)21)13-7-6-10(27-13)9-15-18(25)24-19(28-15)22-17(23-24)14-5-2-8-26-14/h1-9H/b15-9-. The number of hydrogen-bond donors (Lipinski definition) is 0. The van der Waals surface area contributed by atoms with Gasteiger partial charge >= 0.3 is 0 Å². The molecule has 0 spiro atoms. The van der Waals surface area contributed by atoms with Gasteiger partial charge in [0.05, 0.1) is 16.3 Å². The number of hydrogen-bond acceptors (Lipinski definition) is 6. The summed E-state index contributed by atoms with van der Waals surface area (Å²) >= 11 is 13.5. The second-order valence-corrected chi connectivity index (χ2v) is 7.62. The normalized spacial score (nSPS) is 12.3. The number of fused-ring (bicyclic) bond motifs is 1. The molecule has 4 aromatic heterocycles. The molecule has 0 amide bonds. The summed E-state index contributed by atoms with van der Waals surface area (Å²) in [5, 5.41) is 5.08. The zero-order chi connectivity index (χ0) is 19.3. The summed E-state index contributed by atoms with van der Waals surface area (Å²) < 4.78 is 12.8. The molecule has 5 aromatic rings. The van der Waals surface area contributed by atoms with Gasteiger partial charge in [0.1, 0.15) is 16.1 Å². The molecule has 0 saturated heterocycles. The average molecular weight is 430 g/mol. The molecule has 0 unspecified atom stereocenters. The molecule has 5 rings (SSSR count). The Balaban J connectivity index is 1.55. The topological polar surface area (TPSA) is 73.5 Å². The van der Waals surface area contributed by atoms with E-state index in [-0.39, 0.29) is 5.56 Å². The van der Waals surface area contributed by atoms with Crippen LogP contribution in [0.3, 0.4) is 0 Å². The Labute approximate surface area is 171 Å². The van der Waals surface area contributed by atoms with Gasteiger partial charge in [-0.05, 0) is 36.4 Å². The number of halogens is 2. The van der Waals surface area contributed by atoms with Crippen LogP contribution in [0.1, 0.15) is 5.76 Å². The number of aromatic nitrogens is 3. The van der Waals surface area contributed by atoms with E-state index in [1.54, 1.807) is 42.5 Å². The third-order valence-electron chi connectivity index (χ3n) is 4.04. The van der Waals surface area contributed by atoms with Crippen LogP contribution in [-0.2, 0) is 0 Å². The molecule has 0 saturated carbocycles. The third kappa shape index (κ3) is 2.84. The molecule has 0 aliphatic rings. The maximum Gasteiger partial charge on any atom is 0.291 e. The van der Waals surface area contributed by atoms with Gasteiger partial charge in [-0.15, -0.1) is 5.10 Å². The Morgan fingerprint density at radius 1 is 1.07 bits per heavy atom. The smallest absolute Gasteiger partial charge is 0.291 e. The van der Waals surface area contributed by atoms with E-state index >= 15 is 0 Å². The van der Waals surface area contributed by atoms with Crippen molar-refractivity contribution in [1.29, 1.82) is 0 Å². The maximum atomic E-state index is 12.6. The zero-order valence-electron chi connectivity index (χ0n) is 13.9. The van der Waals surface area contributed by atoms with E-state index in [9.17, 15) is 4.79 Å². The third-order valence-corrected chi connectivity index (χ3v) is 5.82. The van der Waals surface area contributed by atoms with Crippen LogP contribution in [0, 0.1) is 0 Å². The van der Waals surface area contributed by atoms with Crippen LogP contribution >= 0.6 is 34.5 Å². The van der Waals surface area contributed by atoms with E-state index in [0.717, 1.165) is 0 Å². The molecule has 1 aromatic carbocycles. The fourth-order valence-corrected chi connectivity index (χ4v) is 4.02. The highest BCUT2D eigenvalue weighted by Gasteiger charge is 2.14. The van der Waals surface area contributed by atoms with Crippen molar-refractivity contribution in [2.45, 2.75) is 0 Å². The van der Waals surface area contributed by atoms with Gasteiger partial charge in [0.2, 0.25) is 10.8 Å². The maximum absolute atomic E-state index is 12.6. The molecule has 28 heavy (non-hydrogen) atoms. The quantitative estimate of drug-likeness (QED) is 0.421. The predicted octanol–water partition coefficient (Wildman–Crippen LogP) is 4.53. The lowest BCUT2D eigenvalue weighted by Crippen LogP contribution is -2.23. The molecule has 0 bridgehead atoms. The molecule has 0 atom stereocenters. The lowest BCUT2D eigenvalue weighted by atomic mass is 10.2. The van der Waals surface area contributed by atoms with Crippen LogP contribution in [0.5, 0.6) is 0 Å². The fraction of sp³-hybridized carbons (Fsp3) is 0. The zero-order valence-corrected chi connectivity index (χ0v) is 16.3. The Hall–Kier alpha value is -2.87. The summed E-state index contributed by atoms with van der Waals surface area (Å²) in [5.74, 6) is 1.95. The minimum absolute atomic E-state index is 0.274. The number of furan rings is 2. The average Bonchev–Trinajstić information content (AvgIpc) is 3.45. The minimum Gasteiger partial charge on any atom is -0.461 e. The van der Waals surface area contributed by atoms with Gasteiger partial charge in [0, 0.05) is 11.6 Å². The number of benzene rings is 1. The largest absolute Gasteiger partial charge is 0.461 e. The van der Waals surface area contributed by atoms with E-state index in [1.807, 2.05) is 6.07 Å². The number of thiazole rings is 1. The summed E-state index contributed by atoms with van der Waals surface area (Å²) in [4.78, 5) is 17.4. The summed E-state index contributed by atoms with van der Waals surface area (Å²) in [6, 6.07) is 12.3. The predicted molar refractivity (Wildman–Crippen MR) is 108 cm³/mol. The van der Waals surface area contributed by atoms with E-state index in [2.05, 4.69) is 10.1 Å². The molecule has 0 fully saturated rings. The molecular weight excluding hydrogens is 421 g/mol. The van der Waals surface area contributed by atoms with Gasteiger partial charge in [0.15, 0.2) is 5.76 Å². The van der Waals surface area contributed by atoms with Crippen LogP contribution in [-0.4, -0.2) is 14.6 Å². The van der Waals surface area contributed by atoms with Crippen molar-refractivity contribution in [3.05, 3.63) is 79.4 Å². The Morgan fingerprint density at radius 3 is 2.75 bits per heavy atom. The SMILES string of the molecule is O=c1/c(=C/c2ccc(-c3cccc(Cl)c3Cl)o2)sc2nc(-c3ccco3)nn12. The highest BCUT2D eigenvalue weighted by molar-refractivity contribution is 7.15. The molecule has 9 heteroatoms. The molecule has 138 valence electrons. The summed E-state index contributed by atoms with van der Waals surface area (Å²) in [5.41, 5.74) is 0.408. The first kappa shape index (κ1) is 17.2. The lowest BCUT2D eigenvalue weighted by Gasteiger charge is -2.01. The molecule has 6 nitrogen and oxygen atoms in total. The number of rotatable bonds is 3. The highest BCUT2D eigenvalue weighted by Crippen LogP contribution is 2.34. The van der Waals surface area contributed by atoms with E-state index < -0.39 is 0 Å². The van der Waals surface area contributed by atoms with Crippen LogP contribution in [0.2, 0.25) is 10.0 Å². The first-order chi connectivity index (χ1) is 13.6. The van der Waals surface area contributed by atoms with Gasteiger partial charge in [-0.25, -0.2) is 0 Å². The van der Waals surface area contributed by atoms with Crippen LogP contribution in [0.25, 0.3) is 33.9 Å². The van der Waals surface area contributed by atoms with Crippen molar-refractivity contribution < 1.29 is 8.83 Å². The second-order valence-electron chi connectivity index (χ2n) is 5.83. The van der Waals surface area contributed by atoms with Crippen LogP contribution < -0.4 is 10.1 Å². The highest BCUT2D eigenvalue weighted by atomic mass is 35.5.